The molecule has 2 amide bonds. The Morgan fingerprint density at radius 3 is 2.52 bits per heavy atom. The van der Waals surface area contributed by atoms with Crippen molar-refractivity contribution >= 4 is 27.8 Å². The van der Waals surface area contributed by atoms with Crippen LogP contribution in [-0.2, 0) is 14.8 Å². The van der Waals surface area contributed by atoms with Gasteiger partial charge in [0.15, 0.2) is 0 Å². The lowest BCUT2D eigenvalue weighted by Crippen LogP contribution is -2.54. The van der Waals surface area contributed by atoms with E-state index in [2.05, 4.69) is 5.32 Å². The lowest BCUT2D eigenvalue weighted by atomic mass is 9.74. The van der Waals surface area contributed by atoms with Crippen LogP contribution < -0.4 is 5.32 Å². The van der Waals surface area contributed by atoms with Crippen LogP contribution in [0.2, 0.25) is 0 Å². The smallest absolute Gasteiger partial charge is 0.305 e. The molecule has 1 aliphatic carbocycles. The van der Waals surface area contributed by atoms with E-state index in [9.17, 15) is 22.8 Å². The second kappa shape index (κ2) is 5.83. The van der Waals surface area contributed by atoms with E-state index in [4.69, 9.17) is 5.11 Å². The third kappa shape index (κ3) is 2.78. The summed E-state index contributed by atoms with van der Waals surface area (Å²) in [5.41, 5.74) is -0.654. The summed E-state index contributed by atoms with van der Waals surface area (Å²) < 4.78 is 25.5. The molecule has 8 nitrogen and oxygen atoms in total. The zero-order valence-electron chi connectivity index (χ0n) is 13.6. The van der Waals surface area contributed by atoms with Crippen molar-refractivity contribution in [3.63, 3.8) is 0 Å². The molecule has 0 radical (unpaired) electrons. The van der Waals surface area contributed by atoms with E-state index >= 15 is 0 Å². The van der Waals surface area contributed by atoms with E-state index in [-0.39, 0.29) is 29.0 Å². The highest BCUT2D eigenvalue weighted by Gasteiger charge is 2.42. The van der Waals surface area contributed by atoms with Gasteiger partial charge < -0.3 is 10.4 Å². The van der Waals surface area contributed by atoms with Crippen molar-refractivity contribution in [2.45, 2.75) is 43.0 Å². The Balaban J connectivity index is 1.90. The summed E-state index contributed by atoms with van der Waals surface area (Å²) in [5.74, 6) is -2.15. The molecule has 1 aliphatic heterocycles. The van der Waals surface area contributed by atoms with Gasteiger partial charge >= 0.3 is 5.97 Å². The van der Waals surface area contributed by atoms with Gasteiger partial charge in [0.2, 0.25) is 0 Å². The average Bonchev–Trinajstić information content (AvgIpc) is 2.70. The van der Waals surface area contributed by atoms with Gasteiger partial charge in [-0.05, 0) is 44.4 Å². The first-order valence-electron chi connectivity index (χ1n) is 7.96. The molecule has 0 spiro atoms. The van der Waals surface area contributed by atoms with Crippen molar-refractivity contribution in [3.05, 3.63) is 29.3 Å². The van der Waals surface area contributed by atoms with Crippen LogP contribution in [0, 0.1) is 0 Å². The summed E-state index contributed by atoms with van der Waals surface area (Å²) in [5, 5.41) is 11.7. The molecular formula is C16H18N2O6S. The number of sulfonamides is 1. The minimum absolute atomic E-state index is 0.0130. The van der Waals surface area contributed by atoms with Gasteiger partial charge in [0.05, 0.1) is 17.5 Å². The molecule has 3 rings (SSSR count). The molecule has 1 aromatic rings. The maximum Gasteiger partial charge on any atom is 0.305 e. The predicted octanol–water partition coefficient (Wildman–Crippen LogP) is 0.978. The normalized spacial score (nSPS) is 19.9. The Hall–Kier alpha value is -2.42. The number of aliphatic carboxylic acids is 1. The monoisotopic (exact) mass is 366 g/mol. The van der Waals surface area contributed by atoms with Crippen LogP contribution in [0.5, 0.6) is 0 Å². The molecule has 0 saturated heterocycles. The Morgan fingerprint density at radius 2 is 2.00 bits per heavy atom. The number of carboxylic acids is 1. The number of carbonyl (C=O) groups excluding carboxylic acids is 2. The molecule has 134 valence electrons. The zero-order chi connectivity index (χ0) is 18.4. The third-order valence-corrected chi connectivity index (χ3v) is 6.63. The van der Waals surface area contributed by atoms with E-state index < -0.39 is 33.3 Å². The highest BCUT2D eigenvalue weighted by molar-refractivity contribution is 7.90. The van der Waals surface area contributed by atoms with Gasteiger partial charge in [-0.1, -0.05) is 0 Å². The molecule has 1 fully saturated rings. The molecule has 1 saturated carbocycles. The van der Waals surface area contributed by atoms with Gasteiger partial charge in [-0.25, -0.2) is 12.7 Å². The summed E-state index contributed by atoms with van der Waals surface area (Å²) in [6, 6.07) is 3.89. The van der Waals surface area contributed by atoms with Crippen molar-refractivity contribution in [2.75, 3.05) is 6.54 Å². The topological polar surface area (TPSA) is 121 Å². The second-order valence-corrected chi connectivity index (χ2v) is 8.18. The SMILES string of the molecule is CCN1C(=O)c2ccc(C(=O)NC3(CC(=O)O)CCC3)cc2S1(=O)=O. The highest BCUT2D eigenvalue weighted by Crippen LogP contribution is 2.36. The first-order chi connectivity index (χ1) is 11.7. The van der Waals surface area contributed by atoms with Crippen LogP contribution >= 0.6 is 0 Å². The van der Waals surface area contributed by atoms with Gasteiger partial charge in [0, 0.05) is 12.1 Å². The Labute approximate surface area is 144 Å². The fraction of sp³-hybridized carbons (Fsp3) is 0.438. The number of hydrogen-bond acceptors (Lipinski definition) is 5. The van der Waals surface area contributed by atoms with Gasteiger partial charge in [-0.15, -0.1) is 0 Å². The number of nitrogens with zero attached hydrogens (tertiary/aromatic N) is 1. The Bertz CT molecular complexity index is 873. The van der Waals surface area contributed by atoms with Crippen LogP contribution in [0.1, 0.15) is 53.3 Å². The minimum Gasteiger partial charge on any atom is -0.481 e. The second-order valence-electron chi connectivity index (χ2n) is 6.34. The molecule has 0 unspecified atom stereocenters. The highest BCUT2D eigenvalue weighted by atomic mass is 32.2. The van der Waals surface area contributed by atoms with E-state index in [0.29, 0.717) is 12.8 Å². The molecule has 1 heterocycles. The molecule has 1 aromatic carbocycles. The molecule has 0 atom stereocenters. The Kier molecular flexibility index (Phi) is 4.06. The largest absolute Gasteiger partial charge is 0.481 e. The molecule has 2 aliphatic rings. The van der Waals surface area contributed by atoms with Crippen molar-refractivity contribution in [1.82, 2.24) is 9.62 Å². The van der Waals surface area contributed by atoms with Gasteiger partial charge in [-0.3, -0.25) is 14.4 Å². The summed E-state index contributed by atoms with van der Waals surface area (Å²) in [6.45, 7) is 1.57. The van der Waals surface area contributed by atoms with Crippen molar-refractivity contribution in [3.8, 4) is 0 Å². The standard InChI is InChI=1S/C16H18N2O6S/c1-2-18-15(22)11-5-4-10(8-12(11)25(18,23)24)14(21)17-16(6-3-7-16)9-13(19)20/h4-5,8H,2-3,6-7,9H2,1H3,(H,17,21)(H,19,20). The maximum atomic E-state index is 12.5. The van der Waals surface area contributed by atoms with E-state index in [1.165, 1.54) is 18.2 Å². The predicted molar refractivity (Wildman–Crippen MR) is 86.6 cm³/mol. The van der Waals surface area contributed by atoms with Crippen molar-refractivity contribution in [1.29, 1.82) is 0 Å². The number of carboxylic acid groups (broad SMARTS) is 1. The number of fused-ring (bicyclic) bond motifs is 1. The maximum absolute atomic E-state index is 12.5. The van der Waals surface area contributed by atoms with Crippen LogP contribution in [0.3, 0.4) is 0 Å². The molecule has 25 heavy (non-hydrogen) atoms. The van der Waals surface area contributed by atoms with Crippen LogP contribution in [0.4, 0.5) is 0 Å². The van der Waals surface area contributed by atoms with Gasteiger partial charge in [0.25, 0.3) is 21.8 Å². The lowest BCUT2D eigenvalue weighted by Gasteiger charge is -2.41. The number of nitrogens with one attached hydrogen (secondary N) is 1. The van der Waals surface area contributed by atoms with Gasteiger partial charge in [0.1, 0.15) is 4.90 Å². The van der Waals surface area contributed by atoms with E-state index in [1.54, 1.807) is 6.92 Å². The molecule has 2 N–H and O–H groups in total. The van der Waals surface area contributed by atoms with E-state index in [0.717, 1.165) is 10.7 Å². The summed E-state index contributed by atoms with van der Waals surface area (Å²) in [4.78, 5) is 35.4. The van der Waals surface area contributed by atoms with E-state index in [1.807, 2.05) is 0 Å². The average molecular weight is 366 g/mol. The molecular weight excluding hydrogens is 348 g/mol. The first-order valence-corrected chi connectivity index (χ1v) is 9.40. The zero-order valence-corrected chi connectivity index (χ0v) is 14.4. The van der Waals surface area contributed by atoms with Crippen LogP contribution in [-0.4, -0.2) is 47.7 Å². The first kappa shape index (κ1) is 17.4. The quantitative estimate of drug-likeness (QED) is 0.801. The minimum atomic E-state index is -3.95. The third-order valence-electron chi connectivity index (χ3n) is 4.73. The molecule has 0 bridgehead atoms. The number of amides is 2. The fourth-order valence-corrected chi connectivity index (χ4v) is 4.88. The van der Waals surface area contributed by atoms with Crippen LogP contribution in [0.15, 0.2) is 23.1 Å². The fourth-order valence-electron chi connectivity index (χ4n) is 3.28. The number of rotatable bonds is 5. The molecule has 9 heteroatoms. The van der Waals surface area contributed by atoms with Crippen molar-refractivity contribution < 1.29 is 27.9 Å². The summed E-state index contributed by atoms with van der Waals surface area (Å²) in [7, 11) is -3.95. The Morgan fingerprint density at radius 1 is 1.32 bits per heavy atom. The number of hydrogen-bond donors (Lipinski definition) is 2. The summed E-state index contributed by atoms with van der Waals surface area (Å²) in [6.07, 6.45) is 1.78. The number of carbonyl (C=O) groups is 3. The summed E-state index contributed by atoms with van der Waals surface area (Å²) >= 11 is 0. The van der Waals surface area contributed by atoms with Gasteiger partial charge in [-0.2, -0.15) is 0 Å². The molecule has 0 aromatic heterocycles. The number of benzene rings is 1. The van der Waals surface area contributed by atoms with Crippen molar-refractivity contribution in [2.24, 2.45) is 0 Å². The lowest BCUT2D eigenvalue weighted by molar-refractivity contribution is -0.139. The van der Waals surface area contributed by atoms with Crippen LogP contribution in [0.25, 0.3) is 0 Å².